The van der Waals surface area contributed by atoms with Crippen LogP contribution in [0.1, 0.15) is 85.0 Å². The minimum atomic E-state index is 0.0131. The molecule has 0 aromatic rings. The van der Waals surface area contributed by atoms with Gasteiger partial charge in [-0.2, -0.15) is 0 Å². The SMILES string of the molecule is CCCCO[C@@H]1C=C2CCC3C(CC[C@]4(C)C(=O)CCC34)[C@@]2(C)CC1. The van der Waals surface area contributed by atoms with E-state index in [2.05, 4.69) is 26.8 Å². The summed E-state index contributed by atoms with van der Waals surface area (Å²) in [5.41, 5.74) is 2.08. The summed E-state index contributed by atoms with van der Waals surface area (Å²) in [5, 5.41) is 0. The fourth-order valence-corrected chi connectivity index (χ4v) is 6.98. The average molecular weight is 345 g/mol. The highest BCUT2D eigenvalue weighted by Gasteiger charge is 2.58. The summed E-state index contributed by atoms with van der Waals surface area (Å²) in [7, 11) is 0. The van der Waals surface area contributed by atoms with E-state index in [1.165, 1.54) is 44.9 Å². The van der Waals surface area contributed by atoms with Gasteiger partial charge in [0.05, 0.1) is 6.10 Å². The first kappa shape index (κ1) is 17.8. The molecule has 4 aliphatic carbocycles. The van der Waals surface area contributed by atoms with E-state index in [0.29, 0.717) is 23.2 Å². The van der Waals surface area contributed by atoms with E-state index in [1.54, 1.807) is 5.57 Å². The van der Waals surface area contributed by atoms with Gasteiger partial charge in [-0.1, -0.05) is 38.8 Å². The van der Waals surface area contributed by atoms with Crippen LogP contribution in [0.3, 0.4) is 0 Å². The first-order valence-electron chi connectivity index (χ1n) is 10.8. The van der Waals surface area contributed by atoms with Crippen LogP contribution in [0.4, 0.5) is 0 Å². The molecule has 0 heterocycles. The number of ketones is 1. The Morgan fingerprint density at radius 1 is 1.04 bits per heavy atom. The highest BCUT2D eigenvalue weighted by molar-refractivity contribution is 5.87. The van der Waals surface area contributed by atoms with Crippen molar-refractivity contribution in [3.8, 4) is 0 Å². The van der Waals surface area contributed by atoms with Gasteiger partial charge in [-0.3, -0.25) is 4.79 Å². The number of rotatable bonds is 4. The van der Waals surface area contributed by atoms with Crippen LogP contribution in [-0.4, -0.2) is 18.5 Å². The zero-order chi connectivity index (χ0) is 17.7. The van der Waals surface area contributed by atoms with Gasteiger partial charge in [-0.25, -0.2) is 0 Å². The fourth-order valence-electron chi connectivity index (χ4n) is 6.98. The second-order valence-corrected chi connectivity index (χ2v) is 9.74. The lowest BCUT2D eigenvalue weighted by Gasteiger charge is -2.57. The topological polar surface area (TPSA) is 26.3 Å². The van der Waals surface area contributed by atoms with Gasteiger partial charge >= 0.3 is 0 Å². The maximum atomic E-state index is 12.5. The van der Waals surface area contributed by atoms with Crippen LogP contribution >= 0.6 is 0 Å². The highest BCUT2D eigenvalue weighted by Crippen LogP contribution is 2.64. The summed E-state index contributed by atoms with van der Waals surface area (Å²) in [6.07, 6.45) is 14.7. The number of allylic oxidation sites excluding steroid dienone is 1. The van der Waals surface area contributed by atoms with Crippen molar-refractivity contribution in [3.05, 3.63) is 11.6 Å². The van der Waals surface area contributed by atoms with Gasteiger partial charge in [-0.15, -0.1) is 0 Å². The number of fused-ring (bicyclic) bond motifs is 5. The van der Waals surface area contributed by atoms with Gasteiger partial charge in [0.2, 0.25) is 0 Å². The van der Waals surface area contributed by atoms with E-state index < -0.39 is 0 Å². The van der Waals surface area contributed by atoms with E-state index in [0.717, 1.165) is 37.7 Å². The van der Waals surface area contributed by atoms with Crippen molar-refractivity contribution in [2.24, 2.45) is 28.6 Å². The Kier molecular flexibility index (Phi) is 4.63. The normalized spacial score (nSPS) is 46.2. The van der Waals surface area contributed by atoms with Crippen LogP contribution in [0.25, 0.3) is 0 Å². The molecular weight excluding hydrogens is 308 g/mol. The summed E-state index contributed by atoms with van der Waals surface area (Å²) in [6.45, 7) is 7.97. The summed E-state index contributed by atoms with van der Waals surface area (Å²) < 4.78 is 6.13. The van der Waals surface area contributed by atoms with E-state index in [4.69, 9.17) is 4.74 Å². The van der Waals surface area contributed by atoms with Crippen LogP contribution in [0.5, 0.6) is 0 Å². The summed E-state index contributed by atoms with van der Waals surface area (Å²) in [5.74, 6) is 2.81. The van der Waals surface area contributed by atoms with Crippen LogP contribution < -0.4 is 0 Å². The van der Waals surface area contributed by atoms with Crippen molar-refractivity contribution in [2.75, 3.05) is 6.61 Å². The van der Waals surface area contributed by atoms with E-state index in [-0.39, 0.29) is 5.41 Å². The third-order valence-corrected chi connectivity index (χ3v) is 8.61. The lowest BCUT2D eigenvalue weighted by Crippen LogP contribution is -2.50. The minimum Gasteiger partial charge on any atom is -0.374 e. The summed E-state index contributed by atoms with van der Waals surface area (Å²) in [4.78, 5) is 12.5. The third-order valence-electron chi connectivity index (χ3n) is 8.61. The summed E-state index contributed by atoms with van der Waals surface area (Å²) >= 11 is 0. The minimum absolute atomic E-state index is 0.0131. The number of hydrogen-bond acceptors (Lipinski definition) is 2. The van der Waals surface area contributed by atoms with Crippen molar-refractivity contribution in [1.29, 1.82) is 0 Å². The second-order valence-electron chi connectivity index (χ2n) is 9.74. The molecule has 0 N–H and O–H groups in total. The largest absolute Gasteiger partial charge is 0.374 e. The smallest absolute Gasteiger partial charge is 0.139 e. The van der Waals surface area contributed by atoms with E-state index >= 15 is 0 Å². The third kappa shape index (κ3) is 2.74. The van der Waals surface area contributed by atoms with Crippen molar-refractivity contribution < 1.29 is 9.53 Å². The number of ether oxygens (including phenoxy) is 1. The van der Waals surface area contributed by atoms with E-state index in [1.807, 2.05) is 0 Å². The Hall–Kier alpha value is -0.630. The quantitative estimate of drug-likeness (QED) is 0.483. The molecule has 0 amide bonds. The van der Waals surface area contributed by atoms with Crippen LogP contribution in [-0.2, 0) is 9.53 Å². The van der Waals surface area contributed by atoms with Gasteiger partial charge in [0.25, 0.3) is 0 Å². The number of Topliss-reactive ketones (excluding diaryl/α,β-unsaturated/α-hetero) is 1. The molecular formula is C23H36O2. The maximum absolute atomic E-state index is 12.5. The first-order valence-corrected chi connectivity index (χ1v) is 10.8. The van der Waals surface area contributed by atoms with Crippen LogP contribution in [0, 0.1) is 28.6 Å². The predicted molar refractivity (Wildman–Crippen MR) is 101 cm³/mol. The van der Waals surface area contributed by atoms with Crippen molar-refractivity contribution in [1.82, 2.24) is 0 Å². The molecule has 3 fully saturated rings. The maximum Gasteiger partial charge on any atom is 0.139 e. The van der Waals surface area contributed by atoms with E-state index in [9.17, 15) is 4.79 Å². The fraction of sp³-hybridized carbons (Fsp3) is 0.870. The number of carbonyl (C=O) groups excluding carboxylic acids is 1. The Morgan fingerprint density at radius 2 is 1.80 bits per heavy atom. The molecule has 0 aromatic carbocycles. The summed E-state index contributed by atoms with van der Waals surface area (Å²) in [6, 6.07) is 0. The van der Waals surface area contributed by atoms with Crippen molar-refractivity contribution >= 4 is 5.78 Å². The van der Waals surface area contributed by atoms with Crippen LogP contribution in [0.15, 0.2) is 11.6 Å². The molecule has 3 unspecified atom stereocenters. The van der Waals surface area contributed by atoms with Crippen molar-refractivity contribution in [2.45, 2.75) is 91.1 Å². The zero-order valence-corrected chi connectivity index (χ0v) is 16.5. The lowest BCUT2D eigenvalue weighted by atomic mass is 9.47. The standard InChI is InChI=1S/C23H36O2/c1-4-5-14-25-17-10-12-22(2)16(15-17)6-7-18-19-8-9-21(24)23(19,3)13-11-20(18)22/h15,17-20H,4-14H2,1-3H3/t17-,18?,19?,20?,22-,23-/m0/s1. The lowest BCUT2D eigenvalue weighted by molar-refractivity contribution is -0.132. The van der Waals surface area contributed by atoms with Gasteiger partial charge in [0.1, 0.15) is 5.78 Å². The Balaban J connectivity index is 1.53. The Bertz CT molecular complexity index is 564. The molecule has 2 heteroatoms. The number of unbranched alkanes of at least 4 members (excludes halogenated alkanes) is 1. The molecule has 4 aliphatic rings. The molecule has 6 atom stereocenters. The monoisotopic (exact) mass is 344 g/mol. The molecule has 0 aromatic heterocycles. The predicted octanol–water partition coefficient (Wildman–Crippen LogP) is 5.70. The first-order chi connectivity index (χ1) is 12.0. The van der Waals surface area contributed by atoms with Gasteiger partial charge < -0.3 is 4.74 Å². The zero-order valence-electron chi connectivity index (χ0n) is 16.5. The average Bonchev–Trinajstić information content (AvgIpc) is 2.90. The molecule has 0 bridgehead atoms. The molecule has 4 rings (SSSR count). The van der Waals surface area contributed by atoms with Gasteiger partial charge in [0, 0.05) is 18.4 Å². The van der Waals surface area contributed by atoms with Gasteiger partial charge in [0.15, 0.2) is 0 Å². The number of hydrogen-bond donors (Lipinski definition) is 0. The highest BCUT2D eigenvalue weighted by atomic mass is 16.5. The Morgan fingerprint density at radius 3 is 2.60 bits per heavy atom. The molecule has 0 aliphatic heterocycles. The molecule has 2 nitrogen and oxygen atoms in total. The molecule has 3 saturated carbocycles. The molecule has 25 heavy (non-hydrogen) atoms. The molecule has 0 radical (unpaired) electrons. The number of carbonyl (C=O) groups is 1. The second kappa shape index (κ2) is 6.51. The van der Waals surface area contributed by atoms with Crippen molar-refractivity contribution in [3.63, 3.8) is 0 Å². The van der Waals surface area contributed by atoms with Gasteiger partial charge in [-0.05, 0) is 74.5 Å². The molecule has 0 spiro atoms. The van der Waals surface area contributed by atoms with Crippen LogP contribution in [0.2, 0.25) is 0 Å². The molecule has 0 saturated heterocycles. The molecule has 140 valence electrons. The Labute approximate surface area is 153 Å².